The molecule has 0 unspecified atom stereocenters. The average molecular weight is 335 g/mol. The van der Waals surface area contributed by atoms with E-state index in [9.17, 15) is 0 Å². The molecule has 0 bridgehead atoms. The molecule has 0 rings (SSSR count). The largest absolute Gasteiger partial charge is 0.475 e. The lowest BCUT2D eigenvalue weighted by atomic mass is 10.5. The van der Waals surface area contributed by atoms with Crippen molar-refractivity contribution in [2.75, 3.05) is 0 Å². The van der Waals surface area contributed by atoms with E-state index >= 15 is 0 Å². The summed E-state index contributed by atoms with van der Waals surface area (Å²) in [7, 11) is 5.88. The zero-order valence-electron chi connectivity index (χ0n) is 9.42. The van der Waals surface area contributed by atoms with Gasteiger partial charge in [-0.3, -0.25) is 0 Å². The highest BCUT2D eigenvalue weighted by Crippen LogP contribution is 2.44. The van der Waals surface area contributed by atoms with Crippen molar-refractivity contribution >= 4 is 74.4 Å². The lowest BCUT2D eigenvalue weighted by Gasteiger charge is -2.10. The minimum absolute atomic E-state index is 0.128. The van der Waals surface area contributed by atoms with E-state index < -0.39 is 0 Å². The van der Waals surface area contributed by atoms with E-state index in [-0.39, 0.29) is 12.2 Å². The first kappa shape index (κ1) is 17.2. The van der Waals surface area contributed by atoms with Crippen LogP contribution in [0, 0.1) is 0 Å². The van der Waals surface area contributed by atoms with Gasteiger partial charge in [-0.05, 0) is 71.8 Å². The van der Waals surface area contributed by atoms with E-state index in [0.29, 0.717) is 8.77 Å². The maximum atomic E-state index is 5.31. The van der Waals surface area contributed by atoms with E-state index in [1.54, 1.807) is 0 Å². The normalized spacial score (nSPS) is 10.6. The van der Waals surface area contributed by atoms with Crippen molar-refractivity contribution in [2.45, 2.75) is 39.9 Å². The zero-order chi connectivity index (χ0) is 12.6. The number of hydrogen-bond donors (Lipinski definition) is 0. The predicted octanol–water partition coefficient (Wildman–Crippen LogP) is 5.08. The molecule has 0 spiro atoms. The van der Waals surface area contributed by atoms with Crippen molar-refractivity contribution in [2.24, 2.45) is 0 Å². The number of thiocarbonyl (C=S) groups is 2. The lowest BCUT2D eigenvalue weighted by Crippen LogP contribution is -2.05. The van der Waals surface area contributed by atoms with Gasteiger partial charge in [0, 0.05) is 21.6 Å². The van der Waals surface area contributed by atoms with E-state index in [1.807, 2.05) is 27.7 Å². The van der Waals surface area contributed by atoms with Crippen LogP contribution >= 0.6 is 65.7 Å². The summed E-state index contributed by atoms with van der Waals surface area (Å²) in [6.07, 6.45) is 0.257. The van der Waals surface area contributed by atoms with E-state index in [0.717, 1.165) is 0 Å². The Hall–Kier alpha value is 1.18. The summed E-state index contributed by atoms with van der Waals surface area (Å²) >= 11 is 10.0. The Morgan fingerprint density at radius 2 is 1.12 bits per heavy atom. The Morgan fingerprint density at radius 1 is 0.812 bits per heavy atom. The van der Waals surface area contributed by atoms with Crippen molar-refractivity contribution in [3.05, 3.63) is 0 Å². The molecule has 16 heavy (non-hydrogen) atoms. The first-order chi connectivity index (χ1) is 7.41. The van der Waals surface area contributed by atoms with E-state index in [2.05, 4.69) is 0 Å². The van der Waals surface area contributed by atoms with Gasteiger partial charge in [-0.15, -0.1) is 0 Å². The highest BCUT2D eigenvalue weighted by atomic mass is 33.7. The molecule has 0 fully saturated rings. The summed E-state index contributed by atoms with van der Waals surface area (Å²) in [6.45, 7) is 7.80. The third kappa shape index (κ3) is 11.7. The molecule has 0 aliphatic heterocycles. The lowest BCUT2D eigenvalue weighted by molar-refractivity contribution is 0.243. The molecule has 0 heterocycles. The SMILES string of the molecule is CC(C)OC(=S)SSSSC(=S)OC(C)C. The Kier molecular flexibility index (Phi) is 10.9. The molecule has 0 aromatic rings. The monoisotopic (exact) mass is 334 g/mol. The fourth-order valence-electron chi connectivity index (χ4n) is 0.508. The molecule has 0 radical (unpaired) electrons. The molecule has 0 aliphatic carbocycles. The molecule has 0 aliphatic rings. The summed E-state index contributed by atoms with van der Waals surface area (Å²) in [6, 6.07) is 0. The third-order valence-corrected chi connectivity index (χ3v) is 7.59. The van der Waals surface area contributed by atoms with Crippen LogP contribution in [0.4, 0.5) is 0 Å². The topological polar surface area (TPSA) is 18.5 Å². The first-order valence-corrected chi connectivity index (χ1v) is 10.1. The second-order valence-electron chi connectivity index (χ2n) is 3.14. The van der Waals surface area contributed by atoms with Gasteiger partial charge in [0.1, 0.15) is 0 Å². The van der Waals surface area contributed by atoms with Crippen LogP contribution in [-0.2, 0) is 9.47 Å². The highest BCUT2D eigenvalue weighted by Gasteiger charge is 2.06. The van der Waals surface area contributed by atoms with Crippen LogP contribution in [0.25, 0.3) is 0 Å². The fraction of sp³-hybridized carbons (Fsp3) is 0.750. The third-order valence-electron chi connectivity index (χ3n) is 0.896. The van der Waals surface area contributed by atoms with Gasteiger partial charge in [0.25, 0.3) is 0 Å². The second kappa shape index (κ2) is 10.1. The smallest absolute Gasteiger partial charge is 0.231 e. The average Bonchev–Trinajstić information content (AvgIpc) is 2.10. The molecular formula is C8H14O2S6. The van der Waals surface area contributed by atoms with Crippen LogP contribution in [0.3, 0.4) is 0 Å². The Morgan fingerprint density at radius 3 is 1.38 bits per heavy atom. The summed E-state index contributed by atoms with van der Waals surface area (Å²) in [5.41, 5.74) is 0. The van der Waals surface area contributed by atoms with E-state index in [1.165, 1.54) is 41.2 Å². The quantitative estimate of drug-likeness (QED) is 0.388. The molecule has 0 aromatic heterocycles. The van der Waals surface area contributed by atoms with Crippen LogP contribution in [-0.4, -0.2) is 21.0 Å². The van der Waals surface area contributed by atoms with Gasteiger partial charge in [-0.1, -0.05) is 0 Å². The van der Waals surface area contributed by atoms with Gasteiger partial charge in [-0.2, -0.15) is 0 Å². The van der Waals surface area contributed by atoms with Crippen LogP contribution in [0.15, 0.2) is 0 Å². The number of hydrogen-bond acceptors (Lipinski definition) is 8. The number of rotatable bonds is 5. The summed E-state index contributed by atoms with van der Waals surface area (Å²) in [5, 5.41) is 0. The van der Waals surface area contributed by atoms with Gasteiger partial charge in [0.15, 0.2) is 0 Å². The first-order valence-electron chi connectivity index (χ1n) is 4.51. The van der Waals surface area contributed by atoms with Crippen molar-refractivity contribution in [1.29, 1.82) is 0 Å². The highest BCUT2D eigenvalue weighted by molar-refractivity contribution is 9.29. The second-order valence-corrected chi connectivity index (χ2v) is 10.0. The van der Waals surface area contributed by atoms with Crippen LogP contribution < -0.4 is 0 Å². The molecule has 0 saturated heterocycles. The Bertz CT molecular complexity index is 207. The molecule has 0 aromatic carbocycles. The summed E-state index contributed by atoms with van der Waals surface area (Å²) < 4.78 is 11.7. The molecular weight excluding hydrogens is 320 g/mol. The molecule has 0 amide bonds. The molecule has 0 saturated carbocycles. The zero-order valence-corrected chi connectivity index (χ0v) is 14.3. The maximum absolute atomic E-state index is 5.31. The molecule has 8 heteroatoms. The Labute approximate surface area is 123 Å². The van der Waals surface area contributed by atoms with Gasteiger partial charge in [0.2, 0.25) is 8.77 Å². The van der Waals surface area contributed by atoms with Crippen molar-refractivity contribution in [3.63, 3.8) is 0 Å². The summed E-state index contributed by atoms with van der Waals surface area (Å²) in [5.74, 6) is 0. The van der Waals surface area contributed by atoms with E-state index in [4.69, 9.17) is 33.9 Å². The summed E-state index contributed by atoms with van der Waals surface area (Å²) in [4.78, 5) is 0. The van der Waals surface area contributed by atoms with Crippen LogP contribution in [0.2, 0.25) is 0 Å². The van der Waals surface area contributed by atoms with Gasteiger partial charge >= 0.3 is 0 Å². The molecule has 0 atom stereocenters. The fourth-order valence-corrected chi connectivity index (χ4v) is 6.76. The Balaban J connectivity index is 3.46. The van der Waals surface area contributed by atoms with Gasteiger partial charge < -0.3 is 9.47 Å². The maximum Gasteiger partial charge on any atom is 0.231 e. The van der Waals surface area contributed by atoms with Crippen molar-refractivity contribution in [1.82, 2.24) is 0 Å². The van der Waals surface area contributed by atoms with Gasteiger partial charge in [-0.25, -0.2) is 0 Å². The van der Waals surface area contributed by atoms with Crippen LogP contribution in [0.5, 0.6) is 0 Å². The number of ether oxygens (including phenoxy) is 2. The van der Waals surface area contributed by atoms with Crippen molar-refractivity contribution < 1.29 is 9.47 Å². The predicted molar refractivity (Wildman–Crippen MR) is 88.0 cm³/mol. The molecule has 0 N–H and O–H groups in total. The van der Waals surface area contributed by atoms with Gasteiger partial charge in [0.05, 0.1) is 12.2 Å². The minimum atomic E-state index is 0.128. The molecule has 94 valence electrons. The molecule has 2 nitrogen and oxygen atoms in total. The standard InChI is InChI=1S/C8H14O2S6/c1-5(2)9-7(11)13-15-16-14-8(12)10-6(3)4/h5-6H,1-4H3. The van der Waals surface area contributed by atoms with Crippen LogP contribution in [0.1, 0.15) is 27.7 Å². The van der Waals surface area contributed by atoms with Crippen molar-refractivity contribution in [3.8, 4) is 0 Å². The minimum Gasteiger partial charge on any atom is -0.475 e.